The van der Waals surface area contributed by atoms with Gasteiger partial charge < -0.3 is 10.2 Å². The number of pyridine rings is 1. The molecule has 122 valence electrons. The van der Waals surface area contributed by atoms with E-state index in [2.05, 4.69) is 63.3 Å². The van der Waals surface area contributed by atoms with Crippen LogP contribution in [0.2, 0.25) is 0 Å². The van der Waals surface area contributed by atoms with Gasteiger partial charge >= 0.3 is 0 Å². The minimum atomic E-state index is 0.681. The fraction of sp³-hybridized carbons (Fsp3) is 0.211. The van der Waals surface area contributed by atoms with E-state index in [1.807, 2.05) is 24.4 Å². The fourth-order valence-electron chi connectivity index (χ4n) is 2.56. The molecular weight excluding hydrogens is 298 g/mol. The third kappa shape index (κ3) is 3.87. The Labute approximate surface area is 142 Å². The molecule has 24 heavy (non-hydrogen) atoms. The first kappa shape index (κ1) is 15.9. The van der Waals surface area contributed by atoms with E-state index in [-0.39, 0.29) is 0 Å². The number of aryl methyl sites for hydroxylation is 1. The van der Waals surface area contributed by atoms with Gasteiger partial charge in [-0.15, -0.1) is 0 Å². The molecule has 0 amide bonds. The summed E-state index contributed by atoms with van der Waals surface area (Å²) in [5, 5.41) is 3.33. The van der Waals surface area contributed by atoms with Gasteiger partial charge in [-0.1, -0.05) is 18.2 Å². The molecule has 0 atom stereocenters. The van der Waals surface area contributed by atoms with E-state index < -0.39 is 0 Å². The van der Waals surface area contributed by atoms with Crippen LogP contribution in [0.25, 0.3) is 0 Å². The van der Waals surface area contributed by atoms with Crippen LogP contribution in [0, 0.1) is 6.92 Å². The normalized spacial score (nSPS) is 10.4. The summed E-state index contributed by atoms with van der Waals surface area (Å²) in [6.45, 7) is 5.73. The second-order valence-corrected chi connectivity index (χ2v) is 5.56. The number of hydrogen-bond donors (Lipinski definition) is 1. The summed E-state index contributed by atoms with van der Waals surface area (Å²) >= 11 is 0. The number of anilines is 3. The van der Waals surface area contributed by atoms with E-state index in [0.29, 0.717) is 6.54 Å². The second-order valence-electron chi connectivity index (χ2n) is 5.56. The zero-order valence-electron chi connectivity index (χ0n) is 14.0. The van der Waals surface area contributed by atoms with Crippen molar-refractivity contribution in [2.45, 2.75) is 20.4 Å². The molecule has 0 saturated heterocycles. The maximum Gasteiger partial charge on any atom is 0.138 e. The molecule has 1 N–H and O–H groups in total. The van der Waals surface area contributed by atoms with Crippen molar-refractivity contribution in [2.24, 2.45) is 0 Å². The van der Waals surface area contributed by atoms with Gasteiger partial charge in [0.05, 0.1) is 0 Å². The van der Waals surface area contributed by atoms with Gasteiger partial charge in [-0.3, -0.25) is 4.98 Å². The molecule has 0 unspecified atom stereocenters. The lowest BCUT2D eigenvalue weighted by Gasteiger charge is -2.22. The monoisotopic (exact) mass is 319 g/mol. The van der Waals surface area contributed by atoms with Crippen molar-refractivity contribution in [3.05, 3.63) is 72.3 Å². The standard InChI is InChI=1S/C19H21N5/c1-3-24(17-8-4-6-15(2)10-17)19-11-18(22-14-23-19)21-13-16-7-5-9-20-12-16/h4-12,14H,3,13H2,1-2H3,(H,21,22,23). The lowest BCUT2D eigenvalue weighted by molar-refractivity contribution is 0.970. The molecule has 0 bridgehead atoms. The molecule has 2 aromatic heterocycles. The number of rotatable bonds is 6. The molecular formula is C19H21N5. The quantitative estimate of drug-likeness (QED) is 0.745. The first-order valence-electron chi connectivity index (χ1n) is 8.05. The van der Waals surface area contributed by atoms with Gasteiger partial charge in [-0.25, -0.2) is 9.97 Å². The van der Waals surface area contributed by atoms with Crippen LogP contribution in [0.15, 0.2) is 61.2 Å². The third-order valence-electron chi connectivity index (χ3n) is 3.76. The molecule has 1 aromatic carbocycles. The van der Waals surface area contributed by atoms with Gasteiger partial charge in [-0.05, 0) is 43.2 Å². The smallest absolute Gasteiger partial charge is 0.138 e. The van der Waals surface area contributed by atoms with Crippen molar-refractivity contribution in [2.75, 3.05) is 16.8 Å². The number of aromatic nitrogens is 3. The minimum Gasteiger partial charge on any atom is -0.366 e. The largest absolute Gasteiger partial charge is 0.366 e. The molecule has 5 nitrogen and oxygen atoms in total. The molecule has 0 spiro atoms. The topological polar surface area (TPSA) is 53.9 Å². The Kier molecular flexibility index (Phi) is 5.01. The first-order valence-corrected chi connectivity index (χ1v) is 8.05. The summed E-state index contributed by atoms with van der Waals surface area (Å²) in [5.41, 5.74) is 3.48. The van der Waals surface area contributed by atoms with Crippen molar-refractivity contribution in [3.63, 3.8) is 0 Å². The van der Waals surface area contributed by atoms with Crippen molar-refractivity contribution < 1.29 is 0 Å². The maximum atomic E-state index is 4.43. The highest BCUT2D eigenvalue weighted by molar-refractivity contribution is 5.62. The lowest BCUT2D eigenvalue weighted by Crippen LogP contribution is -2.18. The molecule has 3 rings (SSSR count). The predicted molar refractivity (Wildman–Crippen MR) is 97.5 cm³/mol. The summed E-state index contributed by atoms with van der Waals surface area (Å²) in [4.78, 5) is 15.0. The van der Waals surface area contributed by atoms with Crippen LogP contribution < -0.4 is 10.2 Å². The van der Waals surface area contributed by atoms with Crippen molar-refractivity contribution >= 4 is 17.3 Å². The molecule has 2 heterocycles. The third-order valence-corrected chi connectivity index (χ3v) is 3.76. The van der Waals surface area contributed by atoms with Crippen LogP contribution in [0.3, 0.4) is 0 Å². The maximum absolute atomic E-state index is 4.43. The van der Waals surface area contributed by atoms with Gasteiger partial charge in [0.2, 0.25) is 0 Å². The summed E-state index contributed by atoms with van der Waals surface area (Å²) in [6.07, 6.45) is 5.22. The van der Waals surface area contributed by atoms with Crippen LogP contribution in [0.1, 0.15) is 18.1 Å². The number of nitrogens with one attached hydrogen (secondary N) is 1. The summed E-state index contributed by atoms with van der Waals surface area (Å²) < 4.78 is 0. The highest BCUT2D eigenvalue weighted by atomic mass is 15.2. The van der Waals surface area contributed by atoms with E-state index in [0.717, 1.165) is 29.4 Å². The SMILES string of the molecule is CCN(c1cccc(C)c1)c1cc(NCc2cccnc2)ncn1. The molecule has 0 aliphatic rings. The van der Waals surface area contributed by atoms with Crippen LogP contribution in [0.5, 0.6) is 0 Å². The van der Waals surface area contributed by atoms with Crippen LogP contribution in [0.4, 0.5) is 17.3 Å². The highest BCUT2D eigenvalue weighted by Gasteiger charge is 2.10. The Balaban J connectivity index is 1.78. The van der Waals surface area contributed by atoms with E-state index in [1.165, 1.54) is 5.56 Å². The van der Waals surface area contributed by atoms with Gasteiger partial charge in [0.15, 0.2) is 0 Å². The number of hydrogen-bond acceptors (Lipinski definition) is 5. The molecule has 5 heteroatoms. The van der Waals surface area contributed by atoms with E-state index in [9.17, 15) is 0 Å². The Bertz CT molecular complexity index is 789. The zero-order valence-corrected chi connectivity index (χ0v) is 14.0. The average Bonchev–Trinajstić information content (AvgIpc) is 2.62. The molecule has 0 aliphatic heterocycles. The summed E-state index contributed by atoms with van der Waals surface area (Å²) in [6, 6.07) is 14.4. The number of nitrogens with zero attached hydrogens (tertiary/aromatic N) is 4. The Hall–Kier alpha value is -2.95. The zero-order chi connectivity index (χ0) is 16.8. The van der Waals surface area contributed by atoms with Gasteiger partial charge in [0.1, 0.15) is 18.0 Å². The lowest BCUT2D eigenvalue weighted by atomic mass is 10.2. The van der Waals surface area contributed by atoms with E-state index in [4.69, 9.17) is 0 Å². The van der Waals surface area contributed by atoms with Crippen LogP contribution >= 0.6 is 0 Å². The van der Waals surface area contributed by atoms with Crippen molar-refractivity contribution in [3.8, 4) is 0 Å². The fourth-order valence-corrected chi connectivity index (χ4v) is 2.56. The van der Waals surface area contributed by atoms with Crippen molar-refractivity contribution in [1.82, 2.24) is 15.0 Å². The first-order chi connectivity index (χ1) is 11.8. The number of benzene rings is 1. The van der Waals surface area contributed by atoms with E-state index >= 15 is 0 Å². The minimum absolute atomic E-state index is 0.681. The Morgan fingerprint density at radius 3 is 2.75 bits per heavy atom. The van der Waals surface area contributed by atoms with E-state index in [1.54, 1.807) is 12.5 Å². The molecule has 0 fully saturated rings. The summed E-state index contributed by atoms with van der Waals surface area (Å²) in [7, 11) is 0. The predicted octanol–water partition coefficient (Wildman–Crippen LogP) is 3.95. The highest BCUT2D eigenvalue weighted by Crippen LogP contribution is 2.25. The van der Waals surface area contributed by atoms with Crippen molar-refractivity contribution in [1.29, 1.82) is 0 Å². The average molecular weight is 319 g/mol. The Morgan fingerprint density at radius 2 is 2.00 bits per heavy atom. The van der Waals surface area contributed by atoms with Gasteiger partial charge in [-0.2, -0.15) is 0 Å². The molecule has 0 aliphatic carbocycles. The molecule has 0 saturated carbocycles. The van der Waals surface area contributed by atoms with Crippen LogP contribution in [-0.4, -0.2) is 21.5 Å². The van der Waals surface area contributed by atoms with Gasteiger partial charge in [0, 0.05) is 37.2 Å². The second kappa shape index (κ2) is 7.55. The Morgan fingerprint density at radius 1 is 1.08 bits per heavy atom. The van der Waals surface area contributed by atoms with Gasteiger partial charge in [0.25, 0.3) is 0 Å². The molecule has 3 aromatic rings. The molecule has 0 radical (unpaired) electrons. The van der Waals surface area contributed by atoms with Crippen LogP contribution in [-0.2, 0) is 6.54 Å². The summed E-state index contributed by atoms with van der Waals surface area (Å²) in [5.74, 6) is 1.68.